The van der Waals surface area contributed by atoms with Crippen LogP contribution >= 0.6 is 11.6 Å². The molecule has 4 aliphatic heterocycles. The van der Waals surface area contributed by atoms with Gasteiger partial charge in [0.1, 0.15) is 11.8 Å². The number of hydrogen-bond acceptors (Lipinski definition) is 5. The van der Waals surface area contributed by atoms with Crippen molar-refractivity contribution in [2.75, 3.05) is 25.5 Å². The van der Waals surface area contributed by atoms with Crippen molar-refractivity contribution in [1.29, 1.82) is 0 Å². The van der Waals surface area contributed by atoms with Gasteiger partial charge in [0, 0.05) is 29.4 Å². The topological polar surface area (TPSA) is 61.8 Å². The summed E-state index contributed by atoms with van der Waals surface area (Å²) in [5.74, 6) is 1.61. The lowest BCUT2D eigenvalue weighted by molar-refractivity contribution is -0.0254. The van der Waals surface area contributed by atoms with Gasteiger partial charge in [-0.1, -0.05) is 29.8 Å². The molecule has 2 aromatic carbocycles. The van der Waals surface area contributed by atoms with Crippen LogP contribution in [0.15, 0.2) is 61.2 Å². The molecular formula is C27H29ClN2O3. The van der Waals surface area contributed by atoms with Gasteiger partial charge in [0.05, 0.1) is 18.2 Å². The number of piperidine rings is 3. The normalized spacial score (nSPS) is 28.8. The Kier molecular flexibility index (Phi) is 6.04. The first kappa shape index (κ1) is 22.2. The monoisotopic (exact) mass is 464 g/mol. The van der Waals surface area contributed by atoms with Gasteiger partial charge < -0.3 is 15.2 Å². The molecule has 5 nitrogen and oxygen atoms in total. The number of anilines is 1. The second-order valence-corrected chi connectivity index (χ2v) is 9.60. The summed E-state index contributed by atoms with van der Waals surface area (Å²) >= 11 is 6.32. The molecule has 0 saturated carbocycles. The number of nitrogens with one attached hydrogen (secondary N) is 1. The maximum atomic E-state index is 13.4. The average Bonchev–Trinajstić information content (AvgIpc) is 2.87. The third kappa shape index (κ3) is 3.99. The molecule has 0 aromatic heterocycles. The Balaban J connectivity index is 1.52. The van der Waals surface area contributed by atoms with Crippen LogP contribution in [0.2, 0.25) is 5.02 Å². The van der Waals surface area contributed by atoms with E-state index < -0.39 is 12.1 Å². The zero-order chi connectivity index (χ0) is 23.1. The molecule has 6 heteroatoms. The van der Waals surface area contributed by atoms with Crippen LogP contribution in [-0.4, -0.2) is 54.2 Å². The summed E-state index contributed by atoms with van der Waals surface area (Å²) < 4.78 is 5.45. The number of aliphatic hydroxyl groups is 1. The Morgan fingerprint density at radius 1 is 1.33 bits per heavy atom. The lowest BCUT2D eigenvalue weighted by atomic mass is 9.73. The minimum atomic E-state index is -0.715. The zero-order valence-electron chi connectivity index (χ0n) is 18.7. The van der Waals surface area contributed by atoms with Crippen LogP contribution in [0.1, 0.15) is 28.8 Å². The first-order valence-corrected chi connectivity index (χ1v) is 11.9. The predicted octanol–water partition coefficient (Wildman–Crippen LogP) is 4.67. The van der Waals surface area contributed by atoms with Crippen molar-refractivity contribution in [2.24, 2.45) is 11.8 Å². The quantitative estimate of drug-likeness (QED) is 0.480. The van der Waals surface area contributed by atoms with Gasteiger partial charge >= 0.3 is 0 Å². The fourth-order valence-electron chi connectivity index (χ4n) is 5.63. The highest BCUT2D eigenvalue weighted by atomic mass is 35.5. The number of fused-ring (bicyclic) bond motifs is 4. The molecule has 0 aliphatic carbocycles. The van der Waals surface area contributed by atoms with Crippen LogP contribution in [0.25, 0.3) is 5.57 Å². The van der Waals surface area contributed by atoms with E-state index in [9.17, 15) is 9.90 Å². The summed E-state index contributed by atoms with van der Waals surface area (Å²) in [5, 5.41) is 15.4. The van der Waals surface area contributed by atoms with Gasteiger partial charge in [-0.05, 0) is 73.2 Å². The molecule has 3 fully saturated rings. The maximum absolute atomic E-state index is 13.4. The van der Waals surface area contributed by atoms with Crippen molar-refractivity contribution in [3.05, 3.63) is 77.3 Å². The smallest absolute Gasteiger partial charge is 0.190 e. The van der Waals surface area contributed by atoms with E-state index in [4.69, 9.17) is 16.3 Å². The van der Waals surface area contributed by atoms with Crippen LogP contribution in [0.3, 0.4) is 0 Å². The number of nitrogens with zero attached hydrogens (tertiary/aromatic N) is 1. The molecule has 172 valence electrons. The van der Waals surface area contributed by atoms with E-state index in [0.29, 0.717) is 28.2 Å². The molecule has 6 atom stereocenters. The largest absolute Gasteiger partial charge is 0.497 e. The molecule has 3 saturated heterocycles. The van der Waals surface area contributed by atoms with Gasteiger partial charge in [-0.2, -0.15) is 0 Å². The Morgan fingerprint density at radius 2 is 2.15 bits per heavy atom. The second kappa shape index (κ2) is 8.98. The molecule has 2 bridgehead atoms. The standard InChI is InChI=1S/C27H29ClN2O3/c1-3-16-15-30-11-10-17(16)12-25(30)27(32)21-14-24(26(31)19-6-4-5-7-22(19)28)29-23-9-8-18(33-2)13-20(21)23/h3-9,13-14,16-17,24-25,27,29,32H,1,10-12,15H2,2H3/t16-,17-,24?,25+,27-/m0/s1. The lowest BCUT2D eigenvalue weighted by Crippen LogP contribution is -2.57. The van der Waals surface area contributed by atoms with Crippen molar-refractivity contribution in [1.82, 2.24) is 4.90 Å². The molecule has 0 radical (unpaired) electrons. The molecule has 2 aromatic rings. The third-order valence-electron chi connectivity index (χ3n) is 7.45. The van der Waals surface area contributed by atoms with Crippen molar-refractivity contribution in [3.8, 4) is 5.75 Å². The Bertz CT molecular complexity index is 1110. The van der Waals surface area contributed by atoms with E-state index >= 15 is 0 Å². The first-order chi connectivity index (χ1) is 16.0. The lowest BCUT2D eigenvalue weighted by Gasteiger charge is -2.51. The van der Waals surface area contributed by atoms with Crippen molar-refractivity contribution in [3.63, 3.8) is 0 Å². The molecule has 33 heavy (non-hydrogen) atoms. The fourth-order valence-corrected chi connectivity index (χ4v) is 5.86. The van der Waals surface area contributed by atoms with Gasteiger partial charge in [0.15, 0.2) is 5.78 Å². The number of Topliss-reactive ketones (excluding diaryl/α,β-unsaturated/α-hetero) is 1. The van der Waals surface area contributed by atoms with Crippen LogP contribution in [-0.2, 0) is 0 Å². The highest BCUT2D eigenvalue weighted by Crippen LogP contribution is 2.43. The number of benzene rings is 2. The van der Waals surface area contributed by atoms with Crippen LogP contribution in [0.4, 0.5) is 5.69 Å². The first-order valence-electron chi connectivity index (χ1n) is 11.5. The minimum Gasteiger partial charge on any atom is -0.497 e. The highest BCUT2D eigenvalue weighted by Gasteiger charge is 2.43. The number of rotatable bonds is 6. The summed E-state index contributed by atoms with van der Waals surface area (Å²) in [6.07, 6.45) is 5.27. The summed E-state index contributed by atoms with van der Waals surface area (Å²) in [6.45, 7) is 5.91. The van der Waals surface area contributed by atoms with Crippen LogP contribution < -0.4 is 10.1 Å². The molecule has 4 heterocycles. The Morgan fingerprint density at radius 3 is 2.85 bits per heavy atom. The van der Waals surface area contributed by atoms with Gasteiger partial charge in [-0.3, -0.25) is 9.69 Å². The van der Waals surface area contributed by atoms with Gasteiger partial charge in [0.2, 0.25) is 0 Å². The fraction of sp³-hybridized carbons (Fsp3) is 0.370. The summed E-state index contributed by atoms with van der Waals surface area (Å²) in [6, 6.07) is 12.2. The highest BCUT2D eigenvalue weighted by molar-refractivity contribution is 6.34. The van der Waals surface area contributed by atoms with Gasteiger partial charge in [-0.25, -0.2) is 0 Å². The van der Waals surface area contributed by atoms with E-state index in [-0.39, 0.29) is 11.8 Å². The Hall–Kier alpha value is -2.60. The second-order valence-electron chi connectivity index (χ2n) is 9.19. The molecule has 2 N–H and O–H groups in total. The number of ether oxygens (including phenoxy) is 1. The number of hydrogen-bond donors (Lipinski definition) is 2. The van der Waals surface area contributed by atoms with E-state index in [2.05, 4.69) is 22.9 Å². The van der Waals surface area contributed by atoms with Gasteiger partial charge in [0.25, 0.3) is 0 Å². The minimum absolute atomic E-state index is 0.0133. The van der Waals surface area contributed by atoms with Crippen molar-refractivity contribution in [2.45, 2.75) is 31.0 Å². The zero-order valence-corrected chi connectivity index (χ0v) is 19.5. The van der Waals surface area contributed by atoms with Crippen LogP contribution in [0, 0.1) is 11.8 Å². The number of ketones is 1. The molecular weight excluding hydrogens is 436 g/mol. The maximum Gasteiger partial charge on any atom is 0.190 e. The number of carbonyl (C=O) groups is 1. The predicted molar refractivity (Wildman–Crippen MR) is 132 cm³/mol. The average molecular weight is 465 g/mol. The van der Waals surface area contributed by atoms with Crippen LogP contribution in [0.5, 0.6) is 5.75 Å². The van der Waals surface area contributed by atoms with E-state index in [1.165, 1.54) is 0 Å². The van der Waals surface area contributed by atoms with Crippen molar-refractivity contribution < 1.29 is 14.6 Å². The third-order valence-corrected chi connectivity index (χ3v) is 7.78. The SMILES string of the molecule is C=C[C@H]1CN2CC[C@H]1C[C@@H]2[C@@H](O)C1=CC(C(=O)c2ccccc2Cl)Nc2ccc(OC)cc21. The van der Waals surface area contributed by atoms with E-state index in [1.54, 1.807) is 19.2 Å². The van der Waals surface area contributed by atoms with Gasteiger partial charge in [-0.15, -0.1) is 6.58 Å². The summed E-state index contributed by atoms with van der Waals surface area (Å²) in [5.41, 5.74) is 2.90. The summed E-state index contributed by atoms with van der Waals surface area (Å²) in [4.78, 5) is 15.8. The summed E-state index contributed by atoms with van der Waals surface area (Å²) in [7, 11) is 1.63. The molecule has 4 aliphatic rings. The number of halogens is 1. The molecule has 0 spiro atoms. The number of carbonyl (C=O) groups excluding carboxylic acids is 1. The molecule has 0 amide bonds. The van der Waals surface area contributed by atoms with E-state index in [1.807, 2.05) is 36.4 Å². The molecule has 2 unspecified atom stereocenters. The number of methoxy groups -OCH3 is 1. The Labute approximate surface area is 199 Å². The van der Waals surface area contributed by atoms with E-state index in [0.717, 1.165) is 42.8 Å². The molecule has 6 rings (SSSR count). The number of aliphatic hydroxyl groups excluding tert-OH is 1. The van der Waals surface area contributed by atoms with Crippen molar-refractivity contribution >= 4 is 28.6 Å².